The lowest BCUT2D eigenvalue weighted by Crippen LogP contribution is -2.43. The van der Waals surface area contributed by atoms with Crippen LogP contribution in [0.5, 0.6) is 0 Å². The topological polar surface area (TPSA) is 91.4 Å². The number of carbonyl (C=O) groups is 3. The molecule has 0 bridgehead atoms. The summed E-state index contributed by atoms with van der Waals surface area (Å²) in [5, 5.41) is 6.31. The van der Waals surface area contributed by atoms with Gasteiger partial charge in [0.1, 0.15) is 6.04 Å². The lowest BCUT2D eigenvalue weighted by atomic mass is 10.0. The Hall–Kier alpha value is -3.26. The van der Waals surface area contributed by atoms with E-state index >= 15 is 0 Å². The first-order valence-corrected chi connectivity index (χ1v) is 11.8. The minimum atomic E-state index is -0.438. The van der Waals surface area contributed by atoms with E-state index in [4.69, 9.17) is 0 Å². The second-order valence-corrected chi connectivity index (χ2v) is 9.32. The van der Waals surface area contributed by atoms with E-state index in [1.165, 1.54) is 11.3 Å². The quantitative estimate of drug-likeness (QED) is 0.601. The molecule has 1 atom stereocenters. The largest absolute Gasteiger partial charge is 0.331 e. The normalized spacial score (nSPS) is 17.4. The van der Waals surface area contributed by atoms with Crippen molar-refractivity contribution in [1.29, 1.82) is 0 Å². The molecule has 0 aliphatic carbocycles. The number of hydrogen-bond donors (Lipinski definition) is 2. The van der Waals surface area contributed by atoms with Crippen molar-refractivity contribution < 1.29 is 14.4 Å². The maximum Gasteiger partial charge on any atom is 0.248 e. The maximum atomic E-state index is 12.9. The lowest BCUT2D eigenvalue weighted by molar-refractivity contribution is -0.136. The van der Waals surface area contributed by atoms with Crippen LogP contribution in [0.2, 0.25) is 0 Å². The highest BCUT2D eigenvalue weighted by Gasteiger charge is 2.34. The fourth-order valence-electron chi connectivity index (χ4n) is 4.48. The zero-order valence-electron chi connectivity index (χ0n) is 17.6. The Bertz CT molecular complexity index is 1170. The van der Waals surface area contributed by atoms with Gasteiger partial charge < -0.3 is 15.5 Å². The molecule has 3 heterocycles. The van der Waals surface area contributed by atoms with E-state index in [-0.39, 0.29) is 17.7 Å². The highest BCUT2D eigenvalue weighted by Crippen LogP contribution is 2.28. The fourth-order valence-corrected chi connectivity index (χ4v) is 5.35. The van der Waals surface area contributed by atoms with Crippen molar-refractivity contribution in [2.45, 2.75) is 44.6 Å². The summed E-state index contributed by atoms with van der Waals surface area (Å²) in [6, 6.07) is 13.3. The molecule has 0 spiro atoms. The van der Waals surface area contributed by atoms with E-state index in [1.807, 2.05) is 42.5 Å². The number of nitrogens with one attached hydrogen (secondary N) is 2. The van der Waals surface area contributed by atoms with Crippen LogP contribution in [0.3, 0.4) is 0 Å². The van der Waals surface area contributed by atoms with Crippen molar-refractivity contribution in [1.82, 2.24) is 9.88 Å². The minimum absolute atomic E-state index is 0.0185. The number of hydrogen-bond acceptors (Lipinski definition) is 5. The average molecular weight is 449 g/mol. The van der Waals surface area contributed by atoms with Gasteiger partial charge in [-0.25, -0.2) is 4.98 Å². The molecule has 1 aromatic heterocycles. The molecule has 8 heteroatoms. The minimum Gasteiger partial charge on any atom is -0.331 e. The summed E-state index contributed by atoms with van der Waals surface area (Å²) in [4.78, 5) is 43.4. The number of carbonyl (C=O) groups excluding carboxylic acids is 3. The van der Waals surface area contributed by atoms with Gasteiger partial charge in [-0.1, -0.05) is 35.6 Å². The van der Waals surface area contributed by atoms with Crippen LogP contribution in [0.1, 0.15) is 36.8 Å². The number of anilines is 2. The molecule has 1 saturated heterocycles. The van der Waals surface area contributed by atoms with Gasteiger partial charge in [-0.05, 0) is 55.0 Å². The van der Waals surface area contributed by atoms with Crippen molar-refractivity contribution in [3.05, 3.63) is 53.6 Å². The third-order valence-electron chi connectivity index (χ3n) is 6.05. The van der Waals surface area contributed by atoms with Gasteiger partial charge in [-0.15, -0.1) is 0 Å². The predicted octanol–water partition coefficient (Wildman–Crippen LogP) is 3.74. The summed E-state index contributed by atoms with van der Waals surface area (Å²) in [5.41, 5.74) is 3.89. The number of aromatic nitrogens is 1. The fraction of sp³-hybridized carbons (Fsp3) is 0.333. The van der Waals surface area contributed by atoms with E-state index in [2.05, 4.69) is 15.6 Å². The predicted molar refractivity (Wildman–Crippen MR) is 125 cm³/mol. The average Bonchev–Trinajstić information content (AvgIpc) is 3.50. The van der Waals surface area contributed by atoms with Crippen LogP contribution in [-0.2, 0) is 27.2 Å². The van der Waals surface area contributed by atoms with Crippen molar-refractivity contribution in [3.8, 4) is 0 Å². The molecule has 1 fully saturated rings. The number of fused-ring (bicyclic) bond motifs is 2. The molecule has 0 saturated carbocycles. The van der Waals surface area contributed by atoms with Gasteiger partial charge in [-0.2, -0.15) is 0 Å². The van der Waals surface area contributed by atoms with Gasteiger partial charge in [0.25, 0.3) is 0 Å². The van der Waals surface area contributed by atoms with E-state index in [0.717, 1.165) is 39.9 Å². The number of benzene rings is 2. The number of para-hydroxylation sites is 1. The van der Waals surface area contributed by atoms with Gasteiger partial charge in [0.15, 0.2) is 5.13 Å². The van der Waals surface area contributed by atoms with Crippen LogP contribution >= 0.6 is 11.3 Å². The first-order chi connectivity index (χ1) is 15.6. The van der Waals surface area contributed by atoms with Crippen LogP contribution < -0.4 is 10.6 Å². The van der Waals surface area contributed by atoms with Crippen molar-refractivity contribution in [2.24, 2.45) is 0 Å². The molecule has 2 aliphatic heterocycles. The smallest absolute Gasteiger partial charge is 0.248 e. The van der Waals surface area contributed by atoms with Crippen LogP contribution in [-0.4, -0.2) is 40.2 Å². The Labute approximate surface area is 189 Å². The number of thiazole rings is 1. The SMILES string of the molecule is O=C1Cc2cc(CCCC(=O)N3CCCC3C(=O)Nc3nc4ccccc4s3)ccc2N1. The Morgan fingerprint density at radius 1 is 1.22 bits per heavy atom. The summed E-state index contributed by atoms with van der Waals surface area (Å²) in [7, 11) is 0. The number of amides is 3. The molecule has 2 aliphatic rings. The summed E-state index contributed by atoms with van der Waals surface area (Å²) in [5.74, 6) is -0.118. The van der Waals surface area contributed by atoms with Gasteiger partial charge in [0, 0.05) is 18.7 Å². The van der Waals surface area contributed by atoms with Crippen LogP contribution in [0, 0.1) is 0 Å². The second-order valence-electron chi connectivity index (χ2n) is 8.29. The molecule has 0 radical (unpaired) electrons. The first kappa shape index (κ1) is 20.6. The van der Waals surface area contributed by atoms with Crippen molar-refractivity contribution in [3.63, 3.8) is 0 Å². The Morgan fingerprint density at radius 3 is 2.97 bits per heavy atom. The molecule has 32 heavy (non-hydrogen) atoms. The summed E-state index contributed by atoms with van der Waals surface area (Å²) >= 11 is 1.44. The number of aryl methyl sites for hydroxylation is 1. The van der Waals surface area contributed by atoms with Gasteiger partial charge in [0.05, 0.1) is 16.6 Å². The molecular formula is C24H24N4O3S. The molecule has 2 N–H and O–H groups in total. The number of rotatable bonds is 6. The third-order valence-corrected chi connectivity index (χ3v) is 7.00. The summed E-state index contributed by atoms with van der Waals surface area (Å²) < 4.78 is 1.02. The molecule has 2 aromatic carbocycles. The van der Waals surface area contributed by atoms with E-state index in [0.29, 0.717) is 37.4 Å². The number of likely N-dealkylation sites (tertiary alicyclic amines) is 1. The van der Waals surface area contributed by atoms with Gasteiger partial charge >= 0.3 is 0 Å². The highest BCUT2D eigenvalue weighted by molar-refractivity contribution is 7.22. The third kappa shape index (κ3) is 4.23. The molecule has 7 nitrogen and oxygen atoms in total. The molecular weight excluding hydrogens is 424 g/mol. The Morgan fingerprint density at radius 2 is 2.09 bits per heavy atom. The second kappa shape index (κ2) is 8.70. The standard InChI is InChI=1S/C24H24N4O3S/c29-21-14-16-13-15(10-11-17(16)25-21)5-3-9-22(30)28-12-4-7-19(28)23(31)27-24-26-18-6-1-2-8-20(18)32-24/h1-2,6,8,10-11,13,19H,3-5,7,9,12,14H2,(H,25,29)(H,26,27,31). The Balaban J connectivity index is 1.16. The van der Waals surface area contributed by atoms with Crippen LogP contribution in [0.4, 0.5) is 10.8 Å². The monoisotopic (exact) mass is 448 g/mol. The van der Waals surface area contributed by atoms with E-state index < -0.39 is 6.04 Å². The zero-order chi connectivity index (χ0) is 22.1. The van der Waals surface area contributed by atoms with Crippen LogP contribution in [0.25, 0.3) is 10.2 Å². The molecule has 1 unspecified atom stereocenters. The number of nitrogens with zero attached hydrogens (tertiary/aromatic N) is 2. The maximum absolute atomic E-state index is 12.9. The first-order valence-electron chi connectivity index (χ1n) is 10.9. The molecule has 3 amide bonds. The van der Waals surface area contributed by atoms with E-state index in [1.54, 1.807) is 4.90 Å². The Kier molecular flexibility index (Phi) is 5.61. The van der Waals surface area contributed by atoms with Crippen LogP contribution in [0.15, 0.2) is 42.5 Å². The van der Waals surface area contributed by atoms with Gasteiger partial charge in [-0.3, -0.25) is 14.4 Å². The summed E-state index contributed by atoms with van der Waals surface area (Å²) in [6.45, 7) is 0.614. The molecule has 164 valence electrons. The van der Waals surface area contributed by atoms with Crippen molar-refractivity contribution in [2.75, 3.05) is 17.2 Å². The highest BCUT2D eigenvalue weighted by atomic mass is 32.1. The molecule has 3 aromatic rings. The lowest BCUT2D eigenvalue weighted by Gasteiger charge is -2.23. The van der Waals surface area contributed by atoms with Crippen molar-refractivity contribution >= 4 is 50.1 Å². The summed E-state index contributed by atoms with van der Waals surface area (Å²) in [6.07, 6.45) is 3.80. The van der Waals surface area contributed by atoms with Gasteiger partial charge in [0.2, 0.25) is 17.7 Å². The van der Waals surface area contributed by atoms with E-state index in [9.17, 15) is 14.4 Å². The molecule has 5 rings (SSSR count). The zero-order valence-corrected chi connectivity index (χ0v) is 18.4.